The summed E-state index contributed by atoms with van der Waals surface area (Å²) in [6, 6.07) is 14.8. The maximum atomic E-state index is 6.38. The molecule has 1 aromatic carbocycles. The molecule has 0 saturated carbocycles. The quantitative estimate of drug-likeness (QED) is 0.509. The number of fused-ring (bicyclic) bond motifs is 4. The fourth-order valence-corrected chi connectivity index (χ4v) is 5.06. The van der Waals surface area contributed by atoms with Crippen molar-refractivity contribution in [3.05, 3.63) is 59.9 Å². The summed E-state index contributed by atoms with van der Waals surface area (Å²) >= 11 is 6.38. The van der Waals surface area contributed by atoms with Gasteiger partial charge in [-0.15, -0.1) is 0 Å². The van der Waals surface area contributed by atoms with Crippen LogP contribution in [0.25, 0.3) is 28.2 Å². The monoisotopic (exact) mass is 446 g/mol. The zero-order valence-corrected chi connectivity index (χ0v) is 18.5. The number of methoxy groups -OCH3 is 1. The molecule has 1 N–H and O–H groups in total. The van der Waals surface area contributed by atoms with Crippen molar-refractivity contribution in [3.8, 4) is 22.8 Å². The van der Waals surface area contributed by atoms with Gasteiger partial charge in [-0.3, -0.25) is 9.55 Å². The molecule has 4 aromatic rings. The minimum Gasteiger partial charge on any atom is -0.497 e. The number of aromatic nitrogens is 4. The Bertz CT molecular complexity index is 1280. The first-order valence-corrected chi connectivity index (χ1v) is 11.2. The largest absolute Gasteiger partial charge is 0.497 e. The van der Waals surface area contributed by atoms with Crippen LogP contribution in [0.3, 0.4) is 0 Å². The first-order valence-electron chi connectivity index (χ1n) is 10.8. The second-order valence-corrected chi connectivity index (χ2v) is 8.79. The number of nitrogens with one attached hydrogen (secondary N) is 1. The summed E-state index contributed by atoms with van der Waals surface area (Å²) in [6.07, 6.45) is 6.00. The molecule has 3 fully saturated rings. The fourth-order valence-electron chi connectivity index (χ4n) is 4.84. The van der Waals surface area contributed by atoms with Crippen LogP contribution in [0.1, 0.15) is 12.8 Å². The molecule has 0 aliphatic carbocycles. The van der Waals surface area contributed by atoms with E-state index in [-0.39, 0.29) is 0 Å². The Kier molecular flexibility index (Phi) is 4.73. The molecule has 7 rings (SSSR count). The van der Waals surface area contributed by atoms with Crippen LogP contribution in [-0.4, -0.2) is 51.8 Å². The number of hydrogen-bond donors (Lipinski definition) is 1. The number of imidazole rings is 1. The van der Waals surface area contributed by atoms with Crippen molar-refractivity contribution < 1.29 is 4.74 Å². The third-order valence-electron chi connectivity index (χ3n) is 6.42. The highest BCUT2D eigenvalue weighted by Crippen LogP contribution is 2.34. The summed E-state index contributed by atoms with van der Waals surface area (Å²) in [6.45, 7) is 2.01. The highest BCUT2D eigenvalue weighted by atomic mass is 35.5. The van der Waals surface area contributed by atoms with E-state index in [2.05, 4.69) is 31.9 Å². The van der Waals surface area contributed by atoms with Crippen LogP contribution in [-0.2, 0) is 0 Å². The first kappa shape index (κ1) is 19.5. The Labute approximate surface area is 191 Å². The molecule has 0 unspecified atom stereocenters. The second-order valence-electron chi connectivity index (χ2n) is 8.36. The van der Waals surface area contributed by atoms with Gasteiger partial charge in [-0.2, -0.15) is 0 Å². The standard InChI is InChI=1S/C24H23ClN6O/c1-32-20-11-15(10-16(25)12-20)23-28-21-4-5-22(30-14-17-2-3-19(30)13-27-17)29-24(21)31(23)18-6-8-26-9-7-18/h4-12,17,19,27H,2-3,13-14H2,1H3/t17-,19-/m1/s1. The van der Waals surface area contributed by atoms with Gasteiger partial charge < -0.3 is 15.0 Å². The summed E-state index contributed by atoms with van der Waals surface area (Å²) in [5.41, 5.74) is 3.46. The number of hydrogen-bond acceptors (Lipinski definition) is 6. The Hall–Kier alpha value is -3.16. The van der Waals surface area contributed by atoms with Crippen molar-refractivity contribution in [1.82, 2.24) is 24.8 Å². The van der Waals surface area contributed by atoms with Gasteiger partial charge >= 0.3 is 0 Å². The van der Waals surface area contributed by atoms with E-state index < -0.39 is 0 Å². The maximum absolute atomic E-state index is 6.38. The SMILES string of the molecule is COc1cc(Cl)cc(-c2nc3ccc(N4C[C@H]5CC[C@@H]4CN5)nc3n2-c2ccncc2)c1. The molecule has 2 bridgehead atoms. The normalized spacial score (nSPS) is 20.1. The van der Waals surface area contributed by atoms with Gasteiger partial charge in [0.1, 0.15) is 22.9 Å². The summed E-state index contributed by atoms with van der Waals surface area (Å²) < 4.78 is 7.52. The van der Waals surface area contributed by atoms with E-state index in [9.17, 15) is 0 Å². The molecule has 2 atom stereocenters. The summed E-state index contributed by atoms with van der Waals surface area (Å²) in [5, 5.41) is 4.21. The van der Waals surface area contributed by atoms with E-state index in [4.69, 9.17) is 26.3 Å². The van der Waals surface area contributed by atoms with Gasteiger partial charge in [-0.05, 0) is 55.3 Å². The Morgan fingerprint density at radius 1 is 1.06 bits per heavy atom. The maximum Gasteiger partial charge on any atom is 0.167 e. The predicted molar refractivity (Wildman–Crippen MR) is 126 cm³/mol. The number of pyridine rings is 2. The van der Waals surface area contributed by atoms with E-state index in [0.717, 1.165) is 47.1 Å². The number of anilines is 1. The molecule has 3 saturated heterocycles. The summed E-state index contributed by atoms with van der Waals surface area (Å²) in [7, 11) is 1.64. The van der Waals surface area contributed by atoms with Crippen molar-refractivity contribution in [2.75, 3.05) is 25.1 Å². The van der Waals surface area contributed by atoms with Crippen molar-refractivity contribution in [3.63, 3.8) is 0 Å². The molecule has 3 aliphatic rings. The Morgan fingerprint density at radius 2 is 1.94 bits per heavy atom. The van der Waals surface area contributed by atoms with Crippen molar-refractivity contribution in [2.24, 2.45) is 0 Å². The molecule has 0 spiro atoms. The minimum atomic E-state index is 0.485. The third kappa shape index (κ3) is 3.29. The van der Waals surface area contributed by atoms with Gasteiger partial charge in [0, 0.05) is 48.2 Å². The molecule has 3 aliphatic heterocycles. The number of benzene rings is 1. The van der Waals surface area contributed by atoms with E-state index in [1.165, 1.54) is 12.8 Å². The lowest BCUT2D eigenvalue weighted by Gasteiger charge is -2.46. The van der Waals surface area contributed by atoms with Crippen LogP contribution in [0.2, 0.25) is 5.02 Å². The average molecular weight is 447 g/mol. The number of piperazine rings is 1. The van der Waals surface area contributed by atoms with Crippen molar-refractivity contribution in [1.29, 1.82) is 0 Å². The number of piperidine rings is 2. The van der Waals surface area contributed by atoms with Crippen LogP contribution in [0.4, 0.5) is 5.82 Å². The first-order chi connectivity index (χ1) is 15.7. The third-order valence-corrected chi connectivity index (χ3v) is 6.64. The van der Waals surface area contributed by atoms with E-state index in [1.54, 1.807) is 25.6 Å². The highest BCUT2D eigenvalue weighted by Gasteiger charge is 2.34. The lowest BCUT2D eigenvalue weighted by Crippen LogP contribution is -2.61. The van der Waals surface area contributed by atoms with Crippen LogP contribution in [0.15, 0.2) is 54.9 Å². The number of rotatable bonds is 4. The molecule has 32 heavy (non-hydrogen) atoms. The minimum absolute atomic E-state index is 0.485. The number of halogens is 1. The molecule has 7 nitrogen and oxygen atoms in total. The second kappa shape index (κ2) is 7.76. The van der Waals surface area contributed by atoms with Crippen LogP contribution >= 0.6 is 11.6 Å². The molecule has 3 aromatic heterocycles. The van der Waals surface area contributed by atoms with Gasteiger partial charge in [0.25, 0.3) is 0 Å². The van der Waals surface area contributed by atoms with E-state index in [1.807, 2.05) is 24.3 Å². The molecular formula is C24H23ClN6O. The molecule has 6 heterocycles. The molecule has 162 valence electrons. The van der Waals surface area contributed by atoms with Crippen LogP contribution in [0, 0.1) is 0 Å². The van der Waals surface area contributed by atoms with Crippen LogP contribution in [0.5, 0.6) is 5.75 Å². The number of ether oxygens (including phenoxy) is 1. The Balaban J connectivity index is 1.55. The predicted octanol–water partition coefficient (Wildman–Crippen LogP) is 4.09. The van der Waals surface area contributed by atoms with Crippen molar-refractivity contribution >= 4 is 28.6 Å². The zero-order valence-electron chi connectivity index (χ0n) is 17.7. The van der Waals surface area contributed by atoms with E-state index >= 15 is 0 Å². The van der Waals surface area contributed by atoms with Gasteiger partial charge in [0.05, 0.1) is 12.8 Å². The zero-order chi connectivity index (χ0) is 21.7. The van der Waals surface area contributed by atoms with Gasteiger partial charge in [0.15, 0.2) is 5.65 Å². The smallest absolute Gasteiger partial charge is 0.167 e. The van der Waals surface area contributed by atoms with E-state index in [0.29, 0.717) is 22.9 Å². The average Bonchev–Trinajstić information content (AvgIpc) is 3.23. The number of nitrogens with zero attached hydrogens (tertiary/aromatic N) is 5. The lowest BCUT2D eigenvalue weighted by atomic mass is 9.93. The molecular weight excluding hydrogens is 424 g/mol. The molecule has 8 heteroatoms. The topological polar surface area (TPSA) is 68.1 Å². The van der Waals surface area contributed by atoms with Crippen molar-refractivity contribution in [2.45, 2.75) is 24.9 Å². The molecule has 0 amide bonds. The summed E-state index contributed by atoms with van der Waals surface area (Å²) in [4.78, 5) is 16.7. The fraction of sp³-hybridized carbons (Fsp3) is 0.292. The highest BCUT2D eigenvalue weighted by molar-refractivity contribution is 6.31. The van der Waals surface area contributed by atoms with Gasteiger partial charge in [-0.25, -0.2) is 9.97 Å². The Morgan fingerprint density at radius 3 is 2.66 bits per heavy atom. The van der Waals surface area contributed by atoms with Gasteiger partial charge in [-0.1, -0.05) is 11.6 Å². The van der Waals surface area contributed by atoms with Crippen LogP contribution < -0.4 is 15.0 Å². The molecule has 0 radical (unpaired) electrons. The lowest BCUT2D eigenvalue weighted by molar-refractivity contribution is 0.289. The summed E-state index contributed by atoms with van der Waals surface area (Å²) in [5.74, 6) is 2.45. The van der Waals surface area contributed by atoms with Gasteiger partial charge in [0.2, 0.25) is 0 Å².